The number of hydrogen-bond donors (Lipinski definition) is 1. The summed E-state index contributed by atoms with van der Waals surface area (Å²) in [4.78, 5) is 27.9. The molecule has 34 heavy (non-hydrogen) atoms. The van der Waals surface area contributed by atoms with Crippen molar-refractivity contribution in [1.82, 2.24) is 10.2 Å². The Balaban J connectivity index is 1.75. The van der Waals surface area contributed by atoms with E-state index in [0.717, 1.165) is 42.4 Å². The van der Waals surface area contributed by atoms with Gasteiger partial charge in [0.15, 0.2) is 6.61 Å². The first-order valence-electron chi connectivity index (χ1n) is 11.6. The average Bonchev–Trinajstić information content (AvgIpc) is 2.81. The number of rotatable bonds is 8. The minimum Gasteiger partial charge on any atom is -0.484 e. The van der Waals surface area contributed by atoms with Crippen molar-refractivity contribution in [1.29, 1.82) is 0 Å². The van der Waals surface area contributed by atoms with E-state index in [2.05, 4.69) is 5.32 Å². The van der Waals surface area contributed by atoms with E-state index in [1.54, 1.807) is 37.3 Å². The number of nitrogens with one attached hydrogen (secondary N) is 1. The van der Waals surface area contributed by atoms with E-state index in [0.29, 0.717) is 20.8 Å². The summed E-state index contributed by atoms with van der Waals surface area (Å²) in [7, 11) is 0. The van der Waals surface area contributed by atoms with E-state index >= 15 is 0 Å². The van der Waals surface area contributed by atoms with E-state index in [1.165, 1.54) is 11.3 Å². The van der Waals surface area contributed by atoms with Crippen LogP contribution in [0.3, 0.4) is 0 Å². The molecule has 0 aromatic heterocycles. The number of benzene rings is 2. The first kappa shape index (κ1) is 26.7. The fourth-order valence-electron chi connectivity index (χ4n) is 4.20. The Morgan fingerprint density at radius 3 is 2.29 bits per heavy atom. The van der Waals surface area contributed by atoms with Gasteiger partial charge in [0.2, 0.25) is 5.91 Å². The molecule has 3 rings (SSSR count). The van der Waals surface area contributed by atoms with E-state index < -0.39 is 6.04 Å². The van der Waals surface area contributed by atoms with Crippen LogP contribution in [0.2, 0.25) is 15.1 Å². The predicted octanol–water partition coefficient (Wildman–Crippen LogP) is 6.51. The van der Waals surface area contributed by atoms with Crippen molar-refractivity contribution in [3.63, 3.8) is 0 Å². The SMILES string of the molecule is Cc1cc(OCC(=O)N(Cc2ccc(Cl)c(Cl)c2)[C@H](C)C(=O)NC2CCCCC2)cc(C)c1Cl. The Bertz CT molecular complexity index is 1010. The molecule has 1 aliphatic rings. The zero-order valence-corrected chi connectivity index (χ0v) is 22.1. The number of halogens is 3. The first-order chi connectivity index (χ1) is 16.2. The van der Waals surface area contributed by atoms with E-state index in [1.807, 2.05) is 13.8 Å². The molecule has 2 aromatic rings. The average molecular weight is 526 g/mol. The number of ether oxygens (including phenoxy) is 1. The van der Waals surface area contributed by atoms with Crippen molar-refractivity contribution in [2.45, 2.75) is 71.5 Å². The fourth-order valence-corrected chi connectivity index (χ4v) is 4.63. The van der Waals surface area contributed by atoms with Gasteiger partial charge in [0.25, 0.3) is 5.91 Å². The molecule has 0 unspecified atom stereocenters. The van der Waals surface area contributed by atoms with E-state index in [9.17, 15) is 9.59 Å². The molecule has 0 bridgehead atoms. The highest BCUT2D eigenvalue weighted by Crippen LogP contribution is 2.27. The monoisotopic (exact) mass is 524 g/mol. The van der Waals surface area contributed by atoms with Gasteiger partial charge in [0.1, 0.15) is 11.8 Å². The molecule has 0 spiro atoms. The molecule has 1 aliphatic carbocycles. The van der Waals surface area contributed by atoms with Crippen LogP contribution in [0.25, 0.3) is 0 Å². The highest BCUT2D eigenvalue weighted by Gasteiger charge is 2.28. The Labute approximate surface area is 216 Å². The van der Waals surface area contributed by atoms with E-state index in [4.69, 9.17) is 39.5 Å². The third kappa shape index (κ3) is 7.03. The number of nitrogens with zero attached hydrogens (tertiary/aromatic N) is 1. The summed E-state index contributed by atoms with van der Waals surface area (Å²) in [5, 5.41) is 4.62. The summed E-state index contributed by atoms with van der Waals surface area (Å²) in [5.41, 5.74) is 2.52. The summed E-state index contributed by atoms with van der Waals surface area (Å²) >= 11 is 18.5. The lowest BCUT2D eigenvalue weighted by molar-refractivity contribution is -0.142. The minimum atomic E-state index is -0.679. The second kappa shape index (κ2) is 12.1. The third-order valence-electron chi connectivity index (χ3n) is 6.23. The van der Waals surface area contributed by atoms with Gasteiger partial charge < -0.3 is 15.0 Å². The summed E-state index contributed by atoms with van der Waals surface area (Å²) in [6, 6.07) is 8.26. The standard InChI is InChI=1S/C26H31Cl3N2O3/c1-16-11-21(12-17(2)25(16)29)34-15-24(32)31(14-19-9-10-22(27)23(28)13-19)18(3)26(33)30-20-7-5-4-6-8-20/h9-13,18,20H,4-8,14-15H2,1-3H3,(H,30,33)/t18-/m1/s1. The van der Waals surface area contributed by atoms with Gasteiger partial charge in [-0.2, -0.15) is 0 Å². The molecule has 1 saturated carbocycles. The molecular weight excluding hydrogens is 495 g/mol. The smallest absolute Gasteiger partial charge is 0.261 e. The van der Waals surface area contributed by atoms with Crippen LogP contribution in [0.4, 0.5) is 0 Å². The first-order valence-corrected chi connectivity index (χ1v) is 12.7. The molecule has 0 aliphatic heterocycles. The van der Waals surface area contributed by atoms with Crippen molar-refractivity contribution < 1.29 is 14.3 Å². The van der Waals surface area contributed by atoms with Gasteiger partial charge in [-0.3, -0.25) is 9.59 Å². The molecule has 0 radical (unpaired) electrons. The summed E-state index contributed by atoms with van der Waals surface area (Å²) in [6.45, 7) is 5.51. The lowest BCUT2D eigenvalue weighted by Gasteiger charge is -2.31. The lowest BCUT2D eigenvalue weighted by Crippen LogP contribution is -2.51. The highest BCUT2D eigenvalue weighted by molar-refractivity contribution is 6.42. The largest absolute Gasteiger partial charge is 0.484 e. The highest BCUT2D eigenvalue weighted by atomic mass is 35.5. The Morgan fingerprint density at radius 2 is 1.68 bits per heavy atom. The second-order valence-corrected chi connectivity index (χ2v) is 10.1. The number of carbonyl (C=O) groups is 2. The Morgan fingerprint density at radius 1 is 1.03 bits per heavy atom. The Hall–Kier alpha value is -1.95. The van der Waals surface area contributed by atoms with Gasteiger partial charge in [-0.05, 0) is 74.6 Å². The van der Waals surface area contributed by atoms with Gasteiger partial charge in [-0.1, -0.05) is 60.1 Å². The topological polar surface area (TPSA) is 58.6 Å². The predicted molar refractivity (Wildman–Crippen MR) is 138 cm³/mol. The molecule has 8 heteroatoms. The number of carbonyl (C=O) groups excluding carboxylic acids is 2. The minimum absolute atomic E-state index is 0.155. The molecule has 0 saturated heterocycles. The lowest BCUT2D eigenvalue weighted by atomic mass is 9.95. The molecule has 1 fully saturated rings. The Kier molecular flexibility index (Phi) is 9.52. The number of hydrogen-bond acceptors (Lipinski definition) is 3. The van der Waals surface area contributed by atoms with Gasteiger partial charge >= 0.3 is 0 Å². The van der Waals surface area contributed by atoms with Crippen molar-refractivity contribution in [3.8, 4) is 5.75 Å². The molecule has 0 heterocycles. The fraction of sp³-hybridized carbons (Fsp3) is 0.462. The van der Waals surface area contributed by atoms with Crippen LogP contribution in [0.1, 0.15) is 55.7 Å². The molecule has 184 valence electrons. The molecule has 1 atom stereocenters. The van der Waals surface area contributed by atoms with Crippen molar-refractivity contribution >= 4 is 46.6 Å². The van der Waals surface area contributed by atoms with Crippen molar-refractivity contribution in [2.75, 3.05) is 6.61 Å². The molecular formula is C26H31Cl3N2O3. The van der Waals surface area contributed by atoms with Crippen LogP contribution in [-0.2, 0) is 16.1 Å². The number of amides is 2. The van der Waals surface area contributed by atoms with Crippen LogP contribution in [0, 0.1) is 13.8 Å². The van der Waals surface area contributed by atoms with Gasteiger partial charge in [0, 0.05) is 17.6 Å². The summed E-state index contributed by atoms with van der Waals surface area (Å²) in [5.74, 6) is 0.0858. The maximum absolute atomic E-state index is 13.3. The summed E-state index contributed by atoms with van der Waals surface area (Å²) in [6.07, 6.45) is 5.36. The van der Waals surface area contributed by atoms with Crippen LogP contribution >= 0.6 is 34.8 Å². The zero-order valence-electron chi connectivity index (χ0n) is 19.8. The van der Waals surface area contributed by atoms with Crippen LogP contribution in [-0.4, -0.2) is 35.4 Å². The van der Waals surface area contributed by atoms with Gasteiger partial charge in [-0.15, -0.1) is 0 Å². The molecule has 2 aromatic carbocycles. The van der Waals surface area contributed by atoms with Crippen LogP contribution in [0.5, 0.6) is 5.75 Å². The quantitative estimate of drug-likeness (QED) is 0.427. The maximum atomic E-state index is 13.3. The normalized spacial score (nSPS) is 15.0. The zero-order chi connectivity index (χ0) is 24.8. The molecule has 5 nitrogen and oxygen atoms in total. The third-order valence-corrected chi connectivity index (χ3v) is 7.56. The van der Waals surface area contributed by atoms with Crippen LogP contribution in [0.15, 0.2) is 30.3 Å². The van der Waals surface area contributed by atoms with Gasteiger partial charge in [-0.25, -0.2) is 0 Å². The van der Waals surface area contributed by atoms with E-state index in [-0.39, 0.29) is 31.0 Å². The second-order valence-electron chi connectivity index (χ2n) is 8.95. The summed E-state index contributed by atoms with van der Waals surface area (Å²) < 4.78 is 5.80. The van der Waals surface area contributed by atoms with Crippen LogP contribution < -0.4 is 10.1 Å². The van der Waals surface area contributed by atoms with Crippen molar-refractivity contribution in [2.24, 2.45) is 0 Å². The van der Waals surface area contributed by atoms with Crippen molar-refractivity contribution in [3.05, 3.63) is 62.1 Å². The van der Waals surface area contributed by atoms with Gasteiger partial charge in [0.05, 0.1) is 10.0 Å². The molecule has 1 N–H and O–H groups in total. The number of aryl methyl sites for hydroxylation is 2. The maximum Gasteiger partial charge on any atom is 0.261 e. The molecule has 2 amide bonds.